The van der Waals surface area contributed by atoms with Crippen LogP contribution in [0.1, 0.15) is 42.8 Å². The maximum absolute atomic E-state index is 5.76. The van der Waals surface area contributed by atoms with Gasteiger partial charge in [-0.1, -0.05) is 17.6 Å². The predicted molar refractivity (Wildman–Crippen MR) is 88.7 cm³/mol. The SMILES string of the molecule is c1ccc(C(CNc2nnc(C3CCC3)o2)N2CCOCC2)nc1. The van der Waals surface area contributed by atoms with E-state index >= 15 is 0 Å². The first kappa shape index (κ1) is 15.5. The fraction of sp³-hybridized carbons (Fsp3) is 0.588. The highest BCUT2D eigenvalue weighted by Crippen LogP contribution is 2.35. The van der Waals surface area contributed by atoms with Gasteiger partial charge in [0.25, 0.3) is 0 Å². The minimum Gasteiger partial charge on any atom is -0.408 e. The van der Waals surface area contributed by atoms with Crippen LogP contribution in [0.2, 0.25) is 0 Å². The highest BCUT2D eigenvalue weighted by Gasteiger charge is 2.26. The fourth-order valence-corrected chi connectivity index (χ4v) is 3.19. The van der Waals surface area contributed by atoms with E-state index in [0.717, 1.165) is 50.7 Å². The third-order valence-corrected chi connectivity index (χ3v) is 4.86. The Labute approximate surface area is 141 Å². The summed E-state index contributed by atoms with van der Waals surface area (Å²) in [6.45, 7) is 4.01. The van der Waals surface area contributed by atoms with Gasteiger partial charge >= 0.3 is 6.01 Å². The smallest absolute Gasteiger partial charge is 0.315 e. The Morgan fingerprint density at radius 1 is 1.21 bits per heavy atom. The van der Waals surface area contributed by atoms with Gasteiger partial charge in [-0.2, -0.15) is 0 Å². The number of nitrogens with one attached hydrogen (secondary N) is 1. The Morgan fingerprint density at radius 3 is 2.79 bits per heavy atom. The standard InChI is InChI=1S/C17H23N5O2/c1-2-7-18-14(6-1)15(22-8-10-23-11-9-22)12-19-17-21-20-16(24-17)13-4-3-5-13/h1-2,6-7,13,15H,3-5,8-12H2,(H,19,21). The summed E-state index contributed by atoms with van der Waals surface area (Å²) in [5, 5.41) is 11.6. The first-order valence-corrected chi connectivity index (χ1v) is 8.70. The Bertz CT molecular complexity index is 637. The largest absolute Gasteiger partial charge is 0.408 e. The number of anilines is 1. The molecule has 128 valence electrons. The van der Waals surface area contributed by atoms with E-state index in [2.05, 4.69) is 31.5 Å². The van der Waals surface area contributed by atoms with Gasteiger partial charge in [-0.3, -0.25) is 9.88 Å². The molecule has 1 atom stereocenters. The van der Waals surface area contributed by atoms with Crippen LogP contribution in [0.25, 0.3) is 0 Å². The lowest BCUT2D eigenvalue weighted by Crippen LogP contribution is -2.41. The van der Waals surface area contributed by atoms with E-state index in [4.69, 9.17) is 9.15 Å². The first-order chi connectivity index (χ1) is 11.9. The number of hydrogen-bond acceptors (Lipinski definition) is 7. The van der Waals surface area contributed by atoms with Gasteiger partial charge in [0, 0.05) is 31.7 Å². The molecular weight excluding hydrogens is 306 g/mol. The molecule has 2 aromatic rings. The monoisotopic (exact) mass is 329 g/mol. The molecule has 4 rings (SSSR count). The summed E-state index contributed by atoms with van der Waals surface area (Å²) in [7, 11) is 0. The molecule has 0 bridgehead atoms. The van der Waals surface area contributed by atoms with Gasteiger partial charge in [-0.25, -0.2) is 0 Å². The molecule has 24 heavy (non-hydrogen) atoms. The lowest BCUT2D eigenvalue weighted by Gasteiger charge is -2.34. The van der Waals surface area contributed by atoms with Crippen LogP contribution in [0.4, 0.5) is 6.01 Å². The molecule has 2 aliphatic rings. The molecule has 1 unspecified atom stereocenters. The molecule has 1 aliphatic heterocycles. The zero-order valence-electron chi connectivity index (χ0n) is 13.7. The van der Waals surface area contributed by atoms with E-state index < -0.39 is 0 Å². The van der Waals surface area contributed by atoms with Crippen molar-refractivity contribution in [2.24, 2.45) is 0 Å². The summed E-state index contributed by atoms with van der Waals surface area (Å²) in [4.78, 5) is 6.92. The Morgan fingerprint density at radius 2 is 2.08 bits per heavy atom. The van der Waals surface area contributed by atoms with Gasteiger partial charge in [0.1, 0.15) is 0 Å². The second-order valence-electron chi connectivity index (χ2n) is 6.37. The van der Waals surface area contributed by atoms with Crippen molar-refractivity contribution >= 4 is 6.01 Å². The molecule has 0 spiro atoms. The van der Waals surface area contributed by atoms with E-state index in [1.165, 1.54) is 6.42 Å². The molecule has 7 nitrogen and oxygen atoms in total. The summed E-state index contributed by atoms with van der Waals surface area (Å²) in [5.41, 5.74) is 1.05. The lowest BCUT2D eigenvalue weighted by atomic mass is 9.85. The van der Waals surface area contributed by atoms with E-state index in [9.17, 15) is 0 Å². The first-order valence-electron chi connectivity index (χ1n) is 8.70. The van der Waals surface area contributed by atoms with E-state index in [0.29, 0.717) is 18.5 Å². The van der Waals surface area contributed by atoms with Crippen molar-refractivity contribution in [1.29, 1.82) is 0 Å². The average molecular weight is 329 g/mol. The molecule has 0 aromatic carbocycles. The van der Waals surface area contributed by atoms with Crippen LogP contribution in [0, 0.1) is 0 Å². The van der Waals surface area contributed by atoms with Crippen molar-refractivity contribution < 1.29 is 9.15 Å². The zero-order valence-corrected chi connectivity index (χ0v) is 13.7. The highest BCUT2D eigenvalue weighted by molar-refractivity contribution is 5.21. The van der Waals surface area contributed by atoms with E-state index in [1.807, 2.05) is 18.3 Å². The maximum atomic E-state index is 5.76. The summed E-state index contributed by atoms with van der Waals surface area (Å²) in [6.07, 6.45) is 5.41. The molecule has 2 aromatic heterocycles. The average Bonchev–Trinajstić information content (AvgIpc) is 3.04. The topological polar surface area (TPSA) is 76.3 Å². The molecule has 2 fully saturated rings. The summed E-state index contributed by atoms with van der Waals surface area (Å²) >= 11 is 0. The Balaban J connectivity index is 1.44. The highest BCUT2D eigenvalue weighted by atomic mass is 16.5. The molecular formula is C17H23N5O2. The quantitative estimate of drug-likeness (QED) is 0.870. The van der Waals surface area contributed by atoms with Gasteiger partial charge < -0.3 is 14.5 Å². The summed E-state index contributed by atoms with van der Waals surface area (Å²) < 4.78 is 11.2. The summed E-state index contributed by atoms with van der Waals surface area (Å²) in [6, 6.07) is 6.70. The normalized spacial score (nSPS) is 20.5. The Hall–Kier alpha value is -1.99. The number of nitrogens with zero attached hydrogens (tertiary/aromatic N) is 4. The van der Waals surface area contributed by atoms with Crippen LogP contribution in [0.3, 0.4) is 0 Å². The molecule has 1 aliphatic carbocycles. The molecule has 1 saturated carbocycles. The summed E-state index contributed by atoms with van der Waals surface area (Å²) in [5.74, 6) is 1.23. The minimum atomic E-state index is 0.161. The minimum absolute atomic E-state index is 0.161. The number of aromatic nitrogens is 3. The van der Waals surface area contributed by atoms with Crippen molar-refractivity contribution in [3.05, 3.63) is 36.0 Å². The van der Waals surface area contributed by atoms with Crippen molar-refractivity contribution in [1.82, 2.24) is 20.1 Å². The molecule has 0 radical (unpaired) electrons. The number of hydrogen-bond donors (Lipinski definition) is 1. The third-order valence-electron chi connectivity index (χ3n) is 4.86. The van der Waals surface area contributed by atoms with Gasteiger partial charge in [-0.15, -0.1) is 5.10 Å². The third kappa shape index (κ3) is 3.42. The van der Waals surface area contributed by atoms with Crippen LogP contribution in [-0.2, 0) is 4.74 Å². The Kier molecular flexibility index (Phi) is 4.71. The van der Waals surface area contributed by atoms with Crippen molar-refractivity contribution in [2.45, 2.75) is 31.2 Å². The lowest BCUT2D eigenvalue weighted by molar-refractivity contribution is 0.0178. The van der Waals surface area contributed by atoms with Crippen LogP contribution in [-0.4, -0.2) is 52.9 Å². The fourth-order valence-electron chi connectivity index (χ4n) is 3.19. The van der Waals surface area contributed by atoms with Crippen LogP contribution in [0.5, 0.6) is 0 Å². The second-order valence-corrected chi connectivity index (χ2v) is 6.37. The predicted octanol–water partition coefficient (Wildman–Crippen LogP) is 2.22. The molecule has 1 saturated heterocycles. The van der Waals surface area contributed by atoms with Gasteiger partial charge in [0.15, 0.2) is 0 Å². The van der Waals surface area contributed by atoms with E-state index in [1.54, 1.807) is 0 Å². The van der Waals surface area contributed by atoms with Crippen molar-refractivity contribution in [2.75, 3.05) is 38.2 Å². The van der Waals surface area contributed by atoms with Crippen molar-refractivity contribution in [3.63, 3.8) is 0 Å². The van der Waals surface area contributed by atoms with Crippen LogP contribution >= 0.6 is 0 Å². The number of morpholine rings is 1. The van der Waals surface area contributed by atoms with Crippen molar-refractivity contribution in [3.8, 4) is 0 Å². The van der Waals surface area contributed by atoms with E-state index in [-0.39, 0.29) is 6.04 Å². The molecule has 1 N–H and O–H groups in total. The zero-order chi connectivity index (χ0) is 16.2. The maximum Gasteiger partial charge on any atom is 0.315 e. The number of ether oxygens (including phenoxy) is 1. The van der Waals surface area contributed by atoms with Crippen LogP contribution in [0.15, 0.2) is 28.8 Å². The van der Waals surface area contributed by atoms with Gasteiger partial charge in [0.05, 0.1) is 24.9 Å². The molecule has 7 heteroatoms. The van der Waals surface area contributed by atoms with Crippen LogP contribution < -0.4 is 5.32 Å². The second kappa shape index (κ2) is 7.27. The molecule has 0 amide bonds. The molecule has 3 heterocycles. The van der Waals surface area contributed by atoms with Gasteiger partial charge in [-0.05, 0) is 25.0 Å². The number of pyridine rings is 1. The number of rotatable bonds is 6. The van der Waals surface area contributed by atoms with Gasteiger partial charge in [0.2, 0.25) is 5.89 Å².